The van der Waals surface area contributed by atoms with Crippen molar-refractivity contribution in [3.63, 3.8) is 0 Å². The summed E-state index contributed by atoms with van der Waals surface area (Å²) in [6, 6.07) is 15.8. The molecule has 0 atom stereocenters. The van der Waals surface area contributed by atoms with Crippen LogP contribution in [-0.2, 0) is 11.3 Å². The molecule has 134 valence electrons. The number of carbonyl (C=O) groups excluding carboxylic acids is 1. The summed E-state index contributed by atoms with van der Waals surface area (Å²) in [7, 11) is 0. The fraction of sp³-hybridized carbons (Fsp3) is 0.333. The molecule has 0 aliphatic heterocycles. The van der Waals surface area contributed by atoms with Gasteiger partial charge in [0.1, 0.15) is 0 Å². The van der Waals surface area contributed by atoms with Crippen molar-refractivity contribution < 1.29 is 4.79 Å². The Kier molecular flexibility index (Phi) is 5.23. The summed E-state index contributed by atoms with van der Waals surface area (Å²) >= 11 is 7.66. The SMILES string of the molecule is O=C(C1CCCCC1)N(Cc1ccccc1)c1nc2ccc(Cl)cc2s1. The maximum atomic E-state index is 13.3. The molecule has 1 amide bonds. The summed E-state index contributed by atoms with van der Waals surface area (Å²) < 4.78 is 1.02. The van der Waals surface area contributed by atoms with Crippen LogP contribution in [0.25, 0.3) is 10.2 Å². The molecule has 5 heteroatoms. The smallest absolute Gasteiger partial charge is 0.232 e. The molecule has 4 rings (SSSR count). The first kappa shape index (κ1) is 17.5. The molecule has 1 aliphatic carbocycles. The Labute approximate surface area is 162 Å². The zero-order valence-electron chi connectivity index (χ0n) is 14.5. The number of thiazole rings is 1. The minimum atomic E-state index is 0.114. The first-order valence-corrected chi connectivity index (χ1v) is 10.3. The summed E-state index contributed by atoms with van der Waals surface area (Å²) in [5.41, 5.74) is 2.01. The fourth-order valence-corrected chi connectivity index (χ4v) is 4.82. The summed E-state index contributed by atoms with van der Waals surface area (Å²) in [5, 5.41) is 1.46. The van der Waals surface area contributed by atoms with Gasteiger partial charge in [-0.2, -0.15) is 0 Å². The Morgan fingerprint density at radius 3 is 2.65 bits per heavy atom. The average Bonchev–Trinajstić information content (AvgIpc) is 3.10. The van der Waals surface area contributed by atoms with Gasteiger partial charge in [-0.25, -0.2) is 4.98 Å². The van der Waals surface area contributed by atoms with E-state index < -0.39 is 0 Å². The van der Waals surface area contributed by atoms with Crippen molar-refractivity contribution in [3.8, 4) is 0 Å². The molecule has 1 aromatic heterocycles. The van der Waals surface area contributed by atoms with Gasteiger partial charge >= 0.3 is 0 Å². The third-order valence-corrected chi connectivity index (χ3v) is 6.25. The van der Waals surface area contributed by atoms with Gasteiger partial charge in [0.2, 0.25) is 5.91 Å². The van der Waals surface area contributed by atoms with E-state index in [1.54, 1.807) is 11.3 Å². The predicted octanol–water partition coefficient (Wildman–Crippen LogP) is 6.06. The van der Waals surface area contributed by atoms with Crippen LogP contribution < -0.4 is 4.90 Å². The van der Waals surface area contributed by atoms with Crippen molar-refractivity contribution in [3.05, 3.63) is 59.1 Å². The first-order valence-electron chi connectivity index (χ1n) is 9.12. The lowest BCUT2D eigenvalue weighted by atomic mass is 9.88. The summed E-state index contributed by atoms with van der Waals surface area (Å²) in [6.45, 7) is 0.559. The van der Waals surface area contributed by atoms with Crippen LogP contribution in [0.15, 0.2) is 48.5 Å². The van der Waals surface area contributed by atoms with Crippen molar-refractivity contribution in [2.24, 2.45) is 5.92 Å². The van der Waals surface area contributed by atoms with E-state index in [0.29, 0.717) is 11.6 Å². The zero-order valence-corrected chi connectivity index (χ0v) is 16.1. The number of benzene rings is 2. The van der Waals surface area contributed by atoms with Crippen molar-refractivity contribution in [1.82, 2.24) is 4.98 Å². The summed E-state index contributed by atoms with van der Waals surface area (Å²) in [5.74, 6) is 0.321. The molecule has 3 aromatic rings. The lowest BCUT2D eigenvalue weighted by Crippen LogP contribution is -2.36. The van der Waals surface area contributed by atoms with Gasteiger partial charge < -0.3 is 0 Å². The molecule has 1 aliphatic rings. The van der Waals surface area contributed by atoms with Crippen molar-refractivity contribution >= 4 is 44.2 Å². The Hall–Kier alpha value is -1.91. The van der Waals surface area contributed by atoms with E-state index >= 15 is 0 Å². The van der Waals surface area contributed by atoms with Gasteiger partial charge in [0.05, 0.1) is 16.8 Å². The molecule has 26 heavy (non-hydrogen) atoms. The Morgan fingerprint density at radius 1 is 1.12 bits per heavy atom. The minimum absolute atomic E-state index is 0.114. The van der Waals surface area contributed by atoms with Gasteiger partial charge in [-0.15, -0.1) is 0 Å². The van der Waals surface area contributed by atoms with Crippen LogP contribution in [0.2, 0.25) is 5.02 Å². The fourth-order valence-electron chi connectivity index (χ4n) is 3.58. The molecule has 0 saturated heterocycles. The number of hydrogen-bond acceptors (Lipinski definition) is 3. The van der Waals surface area contributed by atoms with Crippen molar-refractivity contribution in [2.45, 2.75) is 38.6 Å². The molecule has 1 heterocycles. The highest BCUT2D eigenvalue weighted by Crippen LogP contribution is 2.34. The van der Waals surface area contributed by atoms with E-state index in [0.717, 1.165) is 46.6 Å². The van der Waals surface area contributed by atoms with Crippen LogP contribution in [0, 0.1) is 5.92 Å². The van der Waals surface area contributed by atoms with Gasteiger partial charge in [0.15, 0.2) is 5.13 Å². The molecule has 3 nitrogen and oxygen atoms in total. The second kappa shape index (κ2) is 7.77. The molecule has 1 fully saturated rings. The van der Waals surface area contributed by atoms with Gasteiger partial charge in [0.25, 0.3) is 0 Å². The monoisotopic (exact) mass is 384 g/mol. The van der Waals surface area contributed by atoms with E-state index in [-0.39, 0.29) is 11.8 Å². The largest absolute Gasteiger partial charge is 0.283 e. The number of hydrogen-bond donors (Lipinski definition) is 0. The van der Waals surface area contributed by atoms with Gasteiger partial charge in [-0.1, -0.05) is 72.5 Å². The van der Waals surface area contributed by atoms with Crippen LogP contribution in [-0.4, -0.2) is 10.9 Å². The summed E-state index contributed by atoms with van der Waals surface area (Å²) in [4.78, 5) is 19.9. The van der Waals surface area contributed by atoms with Crippen LogP contribution in [0.5, 0.6) is 0 Å². The molecule has 1 saturated carbocycles. The highest BCUT2D eigenvalue weighted by molar-refractivity contribution is 7.22. The third-order valence-electron chi connectivity index (χ3n) is 4.97. The number of halogens is 1. The molecule has 0 spiro atoms. The average molecular weight is 385 g/mol. The Balaban J connectivity index is 1.69. The standard InChI is InChI=1S/C21H21ClN2OS/c22-17-11-12-18-19(13-17)26-21(23-18)24(14-15-7-3-1-4-8-15)20(25)16-9-5-2-6-10-16/h1,3-4,7-8,11-13,16H,2,5-6,9-10,14H2. The lowest BCUT2D eigenvalue weighted by molar-refractivity contribution is -0.123. The van der Waals surface area contributed by atoms with Crippen LogP contribution in [0.1, 0.15) is 37.7 Å². The molecular formula is C21H21ClN2OS. The Morgan fingerprint density at radius 2 is 1.88 bits per heavy atom. The van der Waals surface area contributed by atoms with E-state index in [1.165, 1.54) is 6.42 Å². The molecule has 0 radical (unpaired) electrons. The summed E-state index contributed by atoms with van der Waals surface area (Å²) in [6.07, 6.45) is 5.50. The molecule has 0 unspecified atom stereocenters. The molecular weight excluding hydrogens is 364 g/mol. The number of anilines is 1. The zero-order chi connectivity index (χ0) is 17.9. The number of nitrogens with zero attached hydrogens (tertiary/aromatic N) is 2. The predicted molar refractivity (Wildman–Crippen MR) is 109 cm³/mol. The number of fused-ring (bicyclic) bond motifs is 1. The second-order valence-electron chi connectivity index (χ2n) is 6.85. The van der Waals surface area contributed by atoms with E-state index in [1.807, 2.05) is 41.3 Å². The van der Waals surface area contributed by atoms with Gasteiger partial charge in [-0.05, 0) is 36.6 Å². The minimum Gasteiger partial charge on any atom is -0.283 e. The van der Waals surface area contributed by atoms with Crippen LogP contribution in [0.4, 0.5) is 5.13 Å². The number of carbonyl (C=O) groups is 1. The number of amides is 1. The first-order chi connectivity index (χ1) is 12.7. The van der Waals surface area contributed by atoms with E-state index in [2.05, 4.69) is 12.1 Å². The van der Waals surface area contributed by atoms with Crippen molar-refractivity contribution in [1.29, 1.82) is 0 Å². The number of rotatable bonds is 4. The number of aromatic nitrogens is 1. The van der Waals surface area contributed by atoms with Crippen molar-refractivity contribution in [2.75, 3.05) is 4.90 Å². The van der Waals surface area contributed by atoms with E-state index in [9.17, 15) is 4.79 Å². The molecule has 0 N–H and O–H groups in total. The maximum Gasteiger partial charge on any atom is 0.232 e. The normalized spacial score (nSPS) is 15.3. The van der Waals surface area contributed by atoms with Crippen LogP contribution >= 0.6 is 22.9 Å². The topological polar surface area (TPSA) is 33.2 Å². The quantitative estimate of drug-likeness (QED) is 0.547. The Bertz CT molecular complexity index is 903. The maximum absolute atomic E-state index is 13.3. The van der Waals surface area contributed by atoms with Gasteiger partial charge in [0, 0.05) is 10.9 Å². The lowest BCUT2D eigenvalue weighted by Gasteiger charge is -2.27. The second-order valence-corrected chi connectivity index (χ2v) is 8.30. The van der Waals surface area contributed by atoms with E-state index in [4.69, 9.17) is 16.6 Å². The molecule has 2 aromatic carbocycles. The van der Waals surface area contributed by atoms with Gasteiger partial charge in [-0.3, -0.25) is 9.69 Å². The highest BCUT2D eigenvalue weighted by atomic mass is 35.5. The van der Waals surface area contributed by atoms with Crippen LogP contribution in [0.3, 0.4) is 0 Å². The highest BCUT2D eigenvalue weighted by Gasteiger charge is 2.28. The molecule has 0 bridgehead atoms. The third kappa shape index (κ3) is 3.76.